The van der Waals surface area contributed by atoms with Crippen LogP contribution in [-0.2, 0) is 52.8 Å². The molecule has 4 aromatic rings. The number of nitrogens with zero attached hydrogens (tertiary/aromatic N) is 6. The van der Waals surface area contributed by atoms with Gasteiger partial charge in [-0.05, 0) is 104 Å². The van der Waals surface area contributed by atoms with E-state index in [1.165, 1.54) is 54.4 Å². The summed E-state index contributed by atoms with van der Waals surface area (Å²) in [5, 5.41) is 9.17. The Morgan fingerprint density at radius 2 is 1.74 bits per heavy atom. The quantitative estimate of drug-likeness (QED) is 0.0556. The predicted molar refractivity (Wildman–Crippen MR) is 292 cm³/mol. The highest BCUT2D eigenvalue weighted by Gasteiger charge is 2.31. The molecule has 0 spiro atoms. The molecule has 0 aliphatic carbocycles. The molecule has 3 N–H and O–H groups in total. The first kappa shape index (κ1) is 60.7. The van der Waals surface area contributed by atoms with E-state index >= 15 is 0 Å². The number of carbonyl (C=O) groups excluding carboxylic acids is 5. The van der Waals surface area contributed by atoms with Crippen molar-refractivity contribution in [3.05, 3.63) is 83.7 Å². The van der Waals surface area contributed by atoms with Gasteiger partial charge in [-0.15, -0.1) is 0 Å². The number of amides is 3. The van der Waals surface area contributed by atoms with E-state index in [2.05, 4.69) is 57.2 Å². The van der Waals surface area contributed by atoms with Gasteiger partial charge in [0.2, 0.25) is 18.2 Å². The lowest BCUT2D eigenvalue weighted by atomic mass is 9.84. The van der Waals surface area contributed by atoms with Crippen LogP contribution in [0.25, 0.3) is 33.3 Å². The van der Waals surface area contributed by atoms with Crippen LogP contribution in [0.15, 0.2) is 61.3 Å². The number of rotatable bonds is 21. The Morgan fingerprint density at radius 1 is 1.00 bits per heavy atom. The van der Waals surface area contributed by atoms with Crippen molar-refractivity contribution < 1.29 is 46.6 Å². The van der Waals surface area contributed by atoms with Crippen LogP contribution in [0.4, 0.5) is 18.9 Å². The maximum absolute atomic E-state index is 14.5. The molecule has 3 amide bonds. The highest BCUT2D eigenvalue weighted by atomic mass is 19.3. The molecule has 3 saturated heterocycles. The zero-order chi connectivity index (χ0) is 55.7. The number of aldehydes is 1. The topological polar surface area (TPSA) is 171 Å². The van der Waals surface area contributed by atoms with E-state index in [-0.39, 0.29) is 43.1 Å². The number of halogens is 3. The Kier molecular flexibility index (Phi) is 23.0. The third-order valence-electron chi connectivity index (χ3n) is 14.0. The van der Waals surface area contributed by atoms with Crippen molar-refractivity contribution in [3.8, 4) is 22.4 Å². The lowest BCUT2D eigenvalue weighted by Gasteiger charge is -2.30. The van der Waals surface area contributed by atoms with Gasteiger partial charge in [-0.2, -0.15) is 0 Å². The van der Waals surface area contributed by atoms with Gasteiger partial charge in [0.15, 0.2) is 0 Å². The minimum atomic E-state index is -2.80. The Balaban J connectivity index is 0.000000528. The van der Waals surface area contributed by atoms with Crippen molar-refractivity contribution in [1.29, 1.82) is 0 Å². The van der Waals surface area contributed by atoms with Crippen LogP contribution in [0, 0.1) is 11.3 Å². The molecule has 3 fully saturated rings. The van der Waals surface area contributed by atoms with Gasteiger partial charge < -0.3 is 44.2 Å². The van der Waals surface area contributed by atoms with Gasteiger partial charge in [0.1, 0.15) is 18.5 Å². The Hall–Kier alpha value is -6.15. The third-order valence-corrected chi connectivity index (χ3v) is 14.0. The van der Waals surface area contributed by atoms with Crippen molar-refractivity contribution in [2.75, 3.05) is 85.1 Å². The van der Waals surface area contributed by atoms with Crippen LogP contribution >= 0.6 is 0 Å². The highest BCUT2D eigenvalue weighted by Crippen LogP contribution is 2.43. The molecule has 0 radical (unpaired) electrons. The lowest BCUT2D eigenvalue weighted by molar-refractivity contribution is -0.134. The molecule has 3 aliphatic rings. The molecule has 19 heteroatoms. The lowest BCUT2D eigenvalue weighted by Crippen LogP contribution is -2.51. The summed E-state index contributed by atoms with van der Waals surface area (Å²) >= 11 is 0. The van der Waals surface area contributed by atoms with E-state index in [9.17, 15) is 37.1 Å². The fourth-order valence-electron chi connectivity index (χ4n) is 10.1. The fraction of sp³-hybridized carbons (Fsp3) is 0.544. The van der Waals surface area contributed by atoms with Gasteiger partial charge in [-0.25, -0.2) is 18.2 Å². The van der Waals surface area contributed by atoms with Crippen molar-refractivity contribution in [2.24, 2.45) is 11.3 Å². The average molecular weight is 1060 g/mol. The monoisotopic (exact) mass is 1060 g/mol. The number of hydrogen-bond donors (Lipinski definition) is 3. The number of aryl methyl sites for hydroxylation is 1. The van der Waals surface area contributed by atoms with Gasteiger partial charge in [-0.3, -0.25) is 29.6 Å². The number of ether oxygens (including phenoxy) is 2. The number of piperazine rings is 1. The van der Waals surface area contributed by atoms with Crippen LogP contribution in [-0.4, -0.2) is 154 Å². The Morgan fingerprint density at radius 3 is 2.29 bits per heavy atom. The smallest absolute Gasteiger partial charge is 0.293 e. The molecule has 416 valence electrons. The molecule has 76 heavy (non-hydrogen) atoms. The number of likely N-dealkylation sites (tertiary alicyclic amines) is 1. The number of hydrogen-bond acceptors (Lipinski definition) is 12. The van der Waals surface area contributed by atoms with E-state index in [1.54, 1.807) is 27.0 Å². The van der Waals surface area contributed by atoms with Crippen molar-refractivity contribution in [3.63, 3.8) is 0 Å². The molecule has 2 aromatic carbocycles. The van der Waals surface area contributed by atoms with Crippen molar-refractivity contribution in [1.82, 2.24) is 40.4 Å². The van der Waals surface area contributed by atoms with Gasteiger partial charge in [0.25, 0.3) is 12.9 Å². The number of fused-ring (bicyclic) bond motifs is 1. The summed E-state index contributed by atoms with van der Waals surface area (Å²) in [4.78, 5) is 69.2. The average Bonchev–Trinajstić information content (AvgIpc) is 3.99. The van der Waals surface area contributed by atoms with E-state index in [1.807, 2.05) is 45.2 Å². The highest BCUT2D eigenvalue weighted by molar-refractivity contribution is 5.96. The molecular formula is C57H80F3N9O7. The second-order valence-electron chi connectivity index (χ2n) is 20.9. The number of hydrazine groups is 1. The number of likely N-dealkylation sites (N-methyl/N-ethyl adjacent to an activating group) is 1. The van der Waals surface area contributed by atoms with Crippen LogP contribution in [0.1, 0.15) is 95.7 Å². The summed E-state index contributed by atoms with van der Waals surface area (Å²) in [7, 11) is 5.23. The van der Waals surface area contributed by atoms with Gasteiger partial charge >= 0.3 is 0 Å². The van der Waals surface area contributed by atoms with Crippen molar-refractivity contribution in [2.45, 2.75) is 111 Å². The second kappa shape index (κ2) is 28.8. The molecular weight excluding hydrogens is 980 g/mol. The molecule has 7 rings (SSSR count). The van der Waals surface area contributed by atoms with Crippen LogP contribution in [0.2, 0.25) is 0 Å². The van der Waals surface area contributed by atoms with Crippen LogP contribution in [0.5, 0.6) is 0 Å². The number of nitrogens with one attached hydrogen (secondary N) is 3. The number of pyridine rings is 1. The molecule has 4 unspecified atom stereocenters. The summed E-state index contributed by atoms with van der Waals surface area (Å²) in [5.41, 5.74) is 9.70. The largest absolute Gasteiger partial charge is 0.467 e. The zero-order valence-corrected chi connectivity index (χ0v) is 45.9. The summed E-state index contributed by atoms with van der Waals surface area (Å²) in [6.07, 6.45) is 3.92. The predicted octanol–water partition coefficient (Wildman–Crippen LogP) is 7.48. The number of anilines is 1. The van der Waals surface area contributed by atoms with E-state index in [0.717, 1.165) is 71.8 Å². The van der Waals surface area contributed by atoms with E-state index in [0.29, 0.717) is 61.8 Å². The molecule has 0 bridgehead atoms. The minimum Gasteiger partial charge on any atom is -0.467 e. The standard InChI is InChI=1S/C45H58F2N6O6.C7H10FNO.C5H12N2/c1-9-53-39-11-10-31(32-16-30(17-33(19-32)43(46)47)18-34(24-54)50-44(57)41(28(2)3)51(7)26-55)20-36(39)38(22-45(5,6)25-59-27-56)42(53)37-21-35(52-14-12-48-13-15-52)23-49-40(37)29(4)58-8;1-2-7(10)9-4-3-6(8)5-9;1-7-5-3-2-4-6-7/h10-11,16-17,19-21,23-24,26-29,34,41,43,48H,9,12-15,18,22,25H2,1-8H3,(H,50,57);2,6H,1,3-5H2;6H,2-5H2,1H3. The first-order valence-electron chi connectivity index (χ1n) is 26.3. The maximum Gasteiger partial charge on any atom is 0.293 e. The number of benzene rings is 2. The van der Waals surface area contributed by atoms with Crippen LogP contribution in [0.3, 0.4) is 0 Å². The number of alkyl halides is 3. The molecule has 0 saturated carbocycles. The molecule has 2 aromatic heterocycles. The second-order valence-corrected chi connectivity index (χ2v) is 20.9. The molecule has 16 nitrogen and oxygen atoms in total. The van der Waals surface area contributed by atoms with E-state index < -0.39 is 36.0 Å². The van der Waals surface area contributed by atoms with Gasteiger partial charge in [0.05, 0.1) is 48.6 Å². The minimum absolute atomic E-state index is 0.0376. The molecule has 5 heterocycles. The normalized spacial score (nSPS) is 17.2. The first-order valence-corrected chi connectivity index (χ1v) is 26.3. The van der Waals surface area contributed by atoms with Crippen LogP contribution < -0.4 is 21.0 Å². The SMILES string of the molecule is C=CC(=O)N1CCC(F)C1.CCn1c(-c2cc(N3CCNCC3)cnc2C(C)OC)c(CC(C)(C)COC=O)c2cc(-c3cc(CC(C=O)NC(=O)C(C(C)C)N(C)C=O)cc(C(F)F)c3)ccc21.CN1CCCCN1. The fourth-order valence-corrected chi connectivity index (χ4v) is 10.1. The molecule has 4 atom stereocenters. The zero-order valence-electron chi connectivity index (χ0n) is 45.9. The summed E-state index contributed by atoms with van der Waals surface area (Å²) < 4.78 is 55.0. The molecule has 3 aliphatic heterocycles. The number of aromatic nitrogens is 2. The Labute approximate surface area is 446 Å². The number of carbonyl (C=O) groups is 5. The summed E-state index contributed by atoms with van der Waals surface area (Å²) in [6.45, 7) is 22.8. The third kappa shape index (κ3) is 16.2. The summed E-state index contributed by atoms with van der Waals surface area (Å²) in [6, 6.07) is 10.9. The first-order chi connectivity index (χ1) is 36.3. The van der Waals surface area contributed by atoms with Gasteiger partial charge in [-0.1, -0.05) is 52.5 Å². The maximum atomic E-state index is 14.5. The summed E-state index contributed by atoms with van der Waals surface area (Å²) in [5.74, 6) is -0.913. The van der Waals surface area contributed by atoms with E-state index in [4.69, 9.17) is 14.5 Å². The number of methoxy groups -OCH3 is 1. The Bertz CT molecular complexity index is 2580. The van der Waals surface area contributed by atoms with Gasteiger partial charge in [0, 0.05) is 101 Å². The van der Waals surface area contributed by atoms with Crippen molar-refractivity contribution >= 4 is 47.6 Å².